The van der Waals surface area contributed by atoms with Crippen LogP contribution in [0, 0.1) is 0 Å². The summed E-state index contributed by atoms with van der Waals surface area (Å²) in [6.07, 6.45) is 2.38. The molecule has 0 bridgehead atoms. The van der Waals surface area contributed by atoms with E-state index in [1.165, 1.54) is 0 Å². The lowest BCUT2D eigenvalue weighted by Gasteiger charge is -2.22. The van der Waals surface area contributed by atoms with Crippen LogP contribution in [0.3, 0.4) is 0 Å². The molecule has 1 atom stereocenters. The maximum absolute atomic E-state index is 12.0. The summed E-state index contributed by atoms with van der Waals surface area (Å²) >= 11 is 0. The molecule has 1 aromatic carbocycles. The second-order valence-corrected chi connectivity index (χ2v) is 6.33. The molecule has 0 saturated carbocycles. The zero-order chi connectivity index (χ0) is 18.5. The van der Waals surface area contributed by atoms with Crippen molar-refractivity contribution in [3.05, 3.63) is 41.6 Å². The van der Waals surface area contributed by atoms with Gasteiger partial charge in [-0.2, -0.15) is 5.10 Å². The SMILES string of the molecule is Cn1nc(COC2CCCCO2)cc1-c1cccc(C(=O)CC(=O)O)c1. The summed E-state index contributed by atoms with van der Waals surface area (Å²) in [5.74, 6) is -1.55. The molecular formula is C19H22N2O5. The van der Waals surface area contributed by atoms with Gasteiger partial charge >= 0.3 is 5.97 Å². The molecule has 0 amide bonds. The van der Waals surface area contributed by atoms with Gasteiger partial charge in [0.15, 0.2) is 12.1 Å². The minimum Gasteiger partial charge on any atom is -0.481 e. The molecule has 0 spiro atoms. The summed E-state index contributed by atoms with van der Waals surface area (Å²) in [5.41, 5.74) is 2.79. The van der Waals surface area contributed by atoms with Crippen molar-refractivity contribution in [2.75, 3.05) is 6.61 Å². The van der Waals surface area contributed by atoms with Gasteiger partial charge in [0.25, 0.3) is 0 Å². The first kappa shape index (κ1) is 18.3. The normalized spacial score (nSPS) is 17.2. The maximum Gasteiger partial charge on any atom is 0.311 e. The van der Waals surface area contributed by atoms with Crippen LogP contribution in [-0.4, -0.2) is 39.5 Å². The van der Waals surface area contributed by atoms with E-state index in [1.54, 1.807) is 22.9 Å². The molecule has 1 N–H and O–H groups in total. The number of rotatable bonds is 7. The third-order valence-corrected chi connectivity index (χ3v) is 4.28. The second-order valence-electron chi connectivity index (χ2n) is 6.33. The predicted octanol–water partition coefficient (Wildman–Crippen LogP) is 2.79. The number of ketones is 1. The average Bonchev–Trinajstić information content (AvgIpc) is 3.01. The van der Waals surface area contributed by atoms with Gasteiger partial charge in [0.1, 0.15) is 6.42 Å². The number of hydrogen-bond donors (Lipinski definition) is 1. The molecular weight excluding hydrogens is 336 g/mol. The average molecular weight is 358 g/mol. The summed E-state index contributed by atoms with van der Waals surface area (Å²) < 4.78 is 13.0. The summed E-state index contributed by atoms with van der Waals surface area (Å²) in [6.45, 7) is 1.09. The Morgan fingerprint density at radius 1 is 1.35 bits per heavy atom. The number of carboxylic acid groups (broad SMARTS) is 1. The Labute approximate surface area is 151 Å². The van der Waals surface area contributed by atoms with Gasteiger partial charge in [-0.05, 0) is 31.4 Å². The first-order valence-corrected chi connectivity index (χ1v) is 8.64. The van der Waals surface area contributed by atoms with Gasteiger partial charge in [-0.25, -0.2) is 0 Å². The van der Waals surface area contributed by atoms with Gasteiger partial charge in [0, 0.05) is 24.8 Å². The number of carbonyl (C=O) groups excluding carboxylic acids is 1. The molecule has 7 heteroatoms. The number of aryl methyl sites for hydroxylation is 1. The molecule has 1 aromatic heterocycles. The van der Waals surface area contributed by atoms with Crippen molar-refractivity contribution in [2.24, 2.45) is 7.05 Å². The Bertz CT molecular complexity index is 793. The van der Waals surface area contributed by atoms with Crippen LogP contribution in [0.4, 0.5) is 0 Å². The standard InChI is InChI=1S/C19H22N2O5/c1-21-16(10-15(20-21)12-26-19-7-2-3-8-25-19)13-5-4-6-14(9-13)17(22)11-18(23)24/h4-6,9-10,19H,2-3,7-8,11-12H2,1H3,(H,23,24). The highest BCUT2D eigenvalue weighted by atomic mass is 16.7. The zero-order valence-electron chi connectivity index (χ0n) is 14.7. The molecule has 26 heavy (non-hydrogen) atoms. The van der Waals surface area contributed by atoms with Crippen LogP contribution in [0.5, 0.6) is 0 Å². The summed E-state index contributed by atoms with van der Waals surface area (Å²) in [7, 11) is 1.82. The van der Waals surface area contributed by atoms with E-state index in [9.17, 15) is 9.59 Å². The van der Waals surface area contributed by atoms with Crippen LogP contribution in [0.2, 0.25) is 0 Å². The van der Waals surface area contributed by atoms with E-state index in [4.69, 9.17) is 14.6 Å². The Balaban J connectivity index is 1.72. The third-order valence-electron chi connectivity index (χ3n) is 4.28. The van der Waals surface area contributed by atoms with Gasteiger partial charge in [0.05, 0.1) is 18.0 Å². The zero-order valence-corrected chi connectivity index (χ0v) is 14.7. The van der Waals surface area contributed by atoms with Crippen molar-refractivity contribution in [3.63, 3.8) is 0 Å². The van der Waals surface area contributed by atoms with E-state index in [0.29, 0.717) is 12.2 Å². The third kappa shape index (κ3) is 4.56. The van der Waals surface area contributed by atoms with E-state index in [-0.39, 0.29) is 6.29 Å². The van der Waals surface area contributed by atoms with Crippen LogP contribution < -0.4 is 0 Å². The Hall–Kier alpha value is -2.51. The molecule has 0 radical (unpaired) electrons. The molecule has 7 nitrogen and oxygen atoms in total. The van der Waals surface area contributed by atoms with Crippen molar-refractivity contribution < 1.29 is 24.2 Å². The molecule has 2 heterocycles. The number of aliphatic carboxylic acids is 1. The van der Waals surface area contributed by atoms with Crippen molar-refractivity contribution in [3.8, 4) is 11.3 Å². The number of ether oxygens (including phenoxy) is 2. The van der Waals surface area contributed by atoms with E-state index >= 15 is 0 Å². The topological polar surface area (TPSA) is 90.7 Å². The van der Waals surface area contributed by atoms with Crippen LogP contribution in [0.1, 0.15) is 41.7 Å². The van der Waals surface area contributed by atoms with E-state index in [0.717, 1.165) is 42.8 Å². The molecule has 3 rings (SSSR count). The van der Waals surface area contributed by atoms with Crippen LogP contribution in [-0.2, 0) is 27.9 Å². The number of hydrogen-bond acceptors (Lipinski definition) is 5. The van der Waals surface area contributed by atoms with Crippen molar-refractivity contribution in [1.29, 1.82) is 0 Å². The molecule has 2 aromatic rings. The highest BCUT2D eigenvalue weighted by Gasteiger charge is 2.16. The van der Waals surface area contributed by atoms with Crippen LogP contribution in [0.25, 0.3) is 11.3 Å². The lowest BCUT2D eigenvalue weighted by molar-refractivity contribution is -0.169. The van der Waals surface area contributed by atoms with Gasteiger partial charge in [0.2, 0.25) is 0 Å². The van der Waals surface area contributed by atoms with Gasteiger partial charge in [-0.1, -0.05) is 18.2 Å². The first-order chi connectivity index (χ1) is 12.5. The van der Waals surface area contributed by atoms with Crippen molar-refractivity contribution in [1.82, 2.24) is 9.78 Å². The fourth-order valence-corrected chi connectivity index (χ4v) is 2.98. The van der Waals surface area contributed by atoms with Gasteiger partial charge in [-0.15, -0.1) is 0 Å². The number of nitrogens with zero attached hydrogens (tertiary/aromatic N) is 2. The lowest BCUT2D eigenvalue weighted by Crippen LogP contribution is -2.22. The number of carboxylic acids is 1. The summed E-state index contributed by atoms with van der Waals surface area (Å²) in [5, 5.41) is 13.2. The van der Waals surface area contributed by atoms with Crippen LogP contribution >= 0.6 is 0 Å². The number of Topliss-reactive ketones (excluding diaryl/α,β-unsaturated/α-hetero) is 1. The van der Waals surface area contributed by atoms with E-state index in [2.05, 4.69) is 5.10 Å². The largest absolute Gasteiger partial charge is 0.481 e. The second kappa shape index (κ2) is 8.25. The van der Waals surface area contributed by atoms with Crippen molar-refractivity contribution in [2.45, 2.75) is 38.6 Å². The fraction of sp³-hybridized carbons (Fsp3) is 0.421. The molecule has 0 aliphatic carbocycles. The van der Waals surface area contributed by atoms with E-state index < -0.39 is 18.2 Å². The van der Waals surface area contributed by atoms with E-state index in [1.807, 2.05) is 19.2 Å². The number of benzene rings is 1. The summed E-state index contributed by atoms with van der Waals surface area (Å²) in [4.78, 5) is 22.7. The highest BCUT2D eigenvalue weighted by Crippen LogP contribution is 2.23. The van der Waals surface area contributed by atoms with Crippen LogP contribution in [0.15, 0.2) is 30.3 Å². The lowest BCUT2D eigenvalue weighted by atomic mass is 10.0. The maximum atomic E-state index is 12.0. The smallest absolute Gasteiger partial charge is 0.311 e. The van der Waals surface area contributed by atoms with Gasteiger partial charge < -0.3 is 14.6 Å². The molecule has 1 fully saturated rings. The monoisotopic (exact) mass is 358 g/mol. The summed E-state index contributed by atoms with van der Waals surface area (Å²) in [6, 6.07) is 8.82. The number of aromatic nitrogens is 2. The number of carbonyl (C=O) groups is 2. The Morgan fingerprint density at radius 3 is 2.92 bits per heavy atom. The Kier molecular flexibility index (Phi) is 5.80. The highest BCUT2D eigenvalue weighted by molar-refractivity contribution is 6.06. The minimum atomic E-state index is -1.13. The van der Waals surface area contributed by atoms with Crippen molar-refractivity contribution >= 4 is 11.8 Å². The molecule has 1 aliphatic rings. The van der Waals surface area contributed by atoms with Gasteiger partial charge in [-0.3, -0.25) is 14.3 Å². The minimum absolute atomic E-state index is 0.175. The molecule has 1 unspecified atom stereocenters. The first-order valence-electron chi connectivity index (χ1n) is 8.64. The molecule has 1 aliphatic heterocycles. The Morgan fingerprint density at radius 2 is 2.19 bits per heavy atom. The fourth-order valence-electron chi connectivity index (χ4n) is 2.98. The molecule has 138 valence electrons. The molecule has 1 saturated heterocycles. The quantitative estimate of drug-likeness (QED) is 0.604. The predicted molar refractivity (Wildman–Crippen MR) is 93.6 cm³/mol.